The summed E-state index contributed by atoms with van der Waals surface area (Å²) in [6, 6.07) is 14.8. The van der Waals surface area contributed by atoms with Crippen LogP contribution >= 0.6 is 11.8 Å². The quantitative estimate of drug-likeness (QED) is 0.439. The van der Waals surface area contributed by atoms with Crippen LogP contribution in [0, 0.1) is 6.92 Å². The van der Waals surface area contributed by atoms with Gasteiger partial charge < -0.3 is 13.9 Å². The van der Waals surface area contributed by atoms with Crippen molar-refractivity contribution in [1.29, 1.82) is 0 Å². The summed E-state index contributed by atoms with van der Waals surface area (Å²) in [6.45, 7) is 2.11. The SMILES string of the molecule is COc1ccccc1OCc1nnc(SCC(=O)c2ccc(C)cc2)o1. The minimum atomic E-state index is 0.0139. The molecule has 1 heterocycles. The second kappa shape index (κ2) is 8.53. The maximum Gasteiger partial charge on any atom is 0.277 e. The molecule has 0 unspecified atom stereocenters. The van der Waals surface area contributed by atoms with Crippen LogP contribution in [-0.4, -0.2) is 28.8 Å². The Morgan fingerprint density at radius 2 is 1.81 bits per heavy atom. The number of thioether (sulfide) groups is 1. The molecule has 0 bridgehead atoms. The molecule has 26 heavy (non-hydrogen) atoms. The first-order valence-electron chi connectivity index (χ1n) is 7.96. The Bertz CT molecular complexity index is 877. The van der Waals surface area contributed by atoms with Crippen molar-refractivity contribution in [3.05, 3.63) is 65.5 Å². The van der Waals surface area contributed by atoms with E-state index in [4.69, 9.17) is 13.9 Å². The zero-order valence-electron chi connectivity index (χ0n) is 14.5. The summed E-state index contributed by atoms with van der Waals surface area (Å²) in [5, 5.41) is 8.21. The Balaban J connectivity index is 1.53. The van der Waals surface area contributed by atoms with Gasteiger partial charge in [-0.05, 0) is 19.1 Å². The number of carbonyl (C=O) groups is 1. The highest BCUT2D eigenvalue weighted by atomic mass is 32.2. The highest BCUT2D eigenvalue weighted by Crippen LogP contribution is 2.27. The van der Waals surface area contributed by atoms with Gasteiger partial charge in [0.25, 0.3) is 11.1 Å². The van der Waals surface area contributed by atoms with E-state index in [0.717, 1.165) is 5.56 Å². The molecule has 6 nitrogen and oxygen atoms in total. The van der Waals surface area contributed by atoms with Gasteiger partial charge in [-0.25, -0.2) is 0 Å². The van der Waals surface area contributed by atoms with E-state index in [1.54, 1.807) is 19.2 Å². The van der Waals surface area contributed by atoms with Gasteiger partial charge in [-0.2, -0.15) is 0 Å². The van der Waals surface area contributed by atoms with E-state index in [9.17, 15) is 4.79 Å². The number of aromatic nitrogens is 2. The fraction of sp³-hybridized carbons (Fsp3) is 0.211. The second-order valence-corrected chi connectivity index (χ2v) is 6.41. The predicted octanol–water partition coefficient (Wildman–Crippen LogP) is 3.94. The third-order valence-corrected chi connectivity index (χ3v) is 4.39. The van der Waals surface area contributed by atoms with E-state index >= 15 is 0 Å². The van der Waals surface area contributed by atoms with Crippen LogP contribution in [0.2, 0.25) is 0 Å². The van der Waals surface area contributed by atoms with Crippen LogP contribution in [-0.2, 0) is 6.61 Å². The third kappa shape index (κ3) is 4.64. The first kappa shape index (κ1) is 18.0. The molecule has 0 aliphatic heterocycles. The number of para-hydroxylation sites is 2. The number of hydrogen-bond donors (Lipinski definition) is 0. The summed E-state index contributed by atoms with van der Waals surface area (Å²) in [5.74, 6) is 1.81. The Morgan fingerprint density at radius 3 is 2.54 bits per heavy atom. The molecule has 0 N–H and O–H groups in total. The maximum absolute atomic E-state index is 12.2. The van der Waals surface area contributed by atoms with Crippen molar-refractivity contribution >= 4 is 17.5 Å². The first-order valence-corrected chi connectivity index (χ1v) is 8.95. The topological polar surface area (TPSA) is 74.5 Å². The van der Waals surface area contributed by atoms with Gasteiger partial charge in [0.15, 0.2) is 23.9 Å². The number of aryl methyl sites for hydroxylation is 1. The number of ether oxygens (including phenoxy) is 2. The van der Waals surface area contributed by atoms with Crippen LogP contribution in [0.1, 0.15) is 21.8 Å². The molecule has 0 aliphatic carbocycles. The average molecular weight is 370 g/mol. The van der Waals surface area contributed by atoms with E-state index < -0.39 is 0 Å². The lowest BCUT2D eigenvalue weighted by Crippen LogP contribution is -2.02. The van der Waals surface area contributed by atoms with Crippen LogP contribution in [0.5, 0.6) is 11.5 Å². The van der Waals surface area contributed by atoms with Crippen LogP contribution in [0.15, 0.2) is 58.2 Å². The van der Waals surface area contributed by atoms with Gasteiger partial charge in [-0.1, -0.05) is 53.7 Å². The lowest BCUT2D eigenvalue weighted by atomic mass is 10.1. The van der Waals surface area contributed by atoms with Crippen LogP contribution < -0.4 is 9.47 Å². The van der Waals surface area contributed by atoms with Crippen molar-refractivity contribution < 1.29 is 18.7 Å². The molecule has 0 spiro atoms. The Morgan fingerprint density at radius 1 is 1.08 bits per heavy atom. The van der Waals surface area contributed by atoms with Crippen molar-refractivity contribution in [3.8, 4) is 11.5 Å². The smallest absolute Gasteiger partial charge is 0.277 e. The largest absolute Gasteiger partial charge is 0.493 e. The molecular formula is C19H18N2O4S. The van der Waals surface area contributed by atoms with Crippen LogP contribution in [0.4, 0.5) is 0 Å². The van der Waals surface area contributed by atoms with Gasteiger partial charge in [-0.3, -0.25) is 4.79 Å². The number of rotatable bonds is 8. The van der Waals surface area contributed by atoms with Crippen molar-refractivity contribution in [2.45, 2.75) is 18.8 Å². The Labute approximate surface area is 155 Å². The molecular weight excluding hydrogens is 352 g/mol. The lowest BCUT2D eigenvalue weighted by molar-refractivity contribution is 0.102. The fourth-order valence-electron chi connectivity index (χ4n) is 2.18. The molecule has 3 rings (SSSR count). The summed E-state index contributed by atoms with van der Waals surface area (Å²) in [7, 11) is 1.58. The molecule has 1 aromatic heterocycles. The molecule has 134 valence electrons. The third-order valence-electron chi connectivity index (χ3n) is 3.57. The summed E-state index contributed by atoms with van der Waals surface area (Å²) < 4.78 is 16.4. The summed E-state index contributed by atoms with van der Waals surface area (Å²) in [4.78, 5) is 12.2. The number of Topliss-reactive ketones (excluding diaryl/α,β-unsaturated/α-hetero) is 1. The van der Waals surface area contributed by atoms with Gasteiger partial charge in [0.05, 0.1) is 12.9 Å². The molecule has 7 heteroatoms. The van der Waals surface area contributed by atoms with Gasteiger partial charge >= 0.3 is 0 Å². The summed E-state index contributed by atoms with van der Waals surface area (Å²) >= 11 is 1.21. The second-order valence-electron chi connectivity index (χ2n) is 5.48. The normalized spacial score (nSPS) is 10.5. The van der Waals surface area contributed by atoms with Crippen LogP contribution in [0.3, 0.4) is 0 Å². The molecule has 0 atom stereocenters. The minimum Gasteiger partial charge on any atom is -0.493 e. The van der Waals surface area contributed by atoms with E-state index in [1.807, 2.05) is 43.3 Å². The van der Waals surface area contributed by atoms with Crippen molar-refractivity contribution in [2.24, 2.45) is 0 Å². The fourth-order valence-corrected chi connectivity index (χ4v) is 2.86. The van der Waals surface area contributed by atoms with Crippen molar-refractivity contribution in [1.82, 2.24) is 10.2 Å². The van der Waals surface area contributed by atoms with E-state index in [2.05, 4.69) is 10.2 Å². The predicted molar refractivity (Wildman–Crippen MR) is 97.9 cm³/mol. The summed E-state index contributed by atoms with van der Waals surface area (Å²) in [5.41, 5.74) is 1.79. The molecule has 2 aromatic carbocycles. The van der Waals surface area contributed by atoms with E-state index in [1.165, 1.54) is 11.8 Å². The lowest BCUT2D eigenvalue weighted by Gasteiger charge is -2.07. The summed E-state index contributed by atoms with van der Waals surface area (Å²) in [6.07, 6.45) is 0. The van der Waals surface area contributed by atoms with Crippen molar-refractivity contribution in [2.75, 3.05) is 12.9 Å². The highest BCUT2D eigenvalue weighted by molar-refractivity contribution is 7.99. The minimum absolute atomic E-state index is 0.0139. The van der Waals surface area contributed by atoms with E-state index in [-0.39, 0.29) is 18.1 Å². The number of hydrogen-bond acceptors (Lipinski definition) is 7. The Hall–Kier alpha value is -2.80. The van der Waals surface area contributed by atoms with Gasteiger partial charge in [-0.15, -0.1) is 10.2 Å². The zero-order chi connectivity index (χ0) is 18.4. The molecule has 0 fully saturated rings. The van der Waals surface area contributed by atoms with Crippen molar-refractivity contribution in [3.63, 3.8) is 0 Å². The molecule has 0 saturated heterocycles. The molecule has 0 radical (unpaired) electrons. The number of ketones is 1. The number of nitrogens with zero attached hydrogens (tertiary/aromatic N) is 2. The molecule has 0 saturated carbocycles. The van der Waals surface area contributed by atoms with Gasteiger partial charge in [0.2, 0.25) is 0 Å². The first-order chi connectivity index (χ1) is 12.7. The average Bonchev–Trinajstić information content (AvgIpc) is 3.13. The van der Waals surface area contributed by atoms with Gasteiger partial charge in [0.1, 0.15) is 0 Å². The number of carbonyl (C=O) groups excluding carboxylic acids is 1. The molecule has 0 amide bonds. The standard InChI is InChI=1S/C19H18N2O4S/c1-13-7-9-14(10-8-13)15(22)12-26-19-21-20-18(25-19)11-24-17-6-4-3-5-16(17)23-2/h3-10H,11-12H2,1-2H3. The number of methoxy groups -OCH3 is 1. The Kier molecular flexibility index (Phi) is 5.91. The van der Waals surface area contributed by atoms with Crippen LogP contribution in [0.25, 0.3) is 0 Å². The highest BCUT2D eigenvalue weighted by Gasteiger charge is 2.12. The molecule has 0 aliphatic rings. The van der Waals surface area contributed by atoms with E-state index in [0.29, 0.717) is 28.2 Å². The monoisotopic (exact) mass is 370 g/mol. The number of benzene rings is 2. The molecule has 3 aromatic rings. The maximum atomic E-state index is 12.2. The zero-order valence-corrected chi connectivity index (χ0v) is 15.3. The van der Waals surface area contributed by atoms with Gasteiger partial charge in [0, 0.05) is 5.56 Å².